The lowest BCUT2D eigenvalue weighted by Crippen LogP contribution is -2.12. The molecule has 0 radical (unpaired) electrons. The number of nitrogens with two attached hydrogens (primary N) is 1. The Balaban J connectivity index is 0. The fraction of sp³-hybridized carbons (Fsp3) is 0.429. The zero-order valence-corrected chi connectivity index (χ0v) is 12.4. The zero-order valence-electron chi connectivity index (χ0n) is 12.4. The van der Waals surface area contributed by atoms with Crippen molar-refractivity contribution in [3.63, 3.8) is 0 Å². The highest BCUT2D eigenvalue weighted by Gasteiger charge is 1.96. The number of carbonyl (C=O) groups is 2. The summed E-state index contributed by atoms with van der Waals surface area (Å²) in [6.07, 6.45) is -0.546. The Morgan fingerprint density at radius 3 is 1.95 bits per heavy atom. The molecule has 0 spiro atoms. The molecule has 6 nitrogen and oxygen atoms in total. The van der Waals surface area contributed by atoms with Crippen LogP contribution in [0.5, 0.6) is 5.75 Å². The highest BCUT2D eigenvalue weighted by molar-refractivity contribution is 5.66. The summed E-state index contributed by atoms with van der Waals surface area (Å²) in [6, 6.07) is 7.20. The Morgan fingerprint density at radius 1 is 1.20 bits per heavy atom. The minimum atomic E-state index is -0.768. The van der Waals surface area contributed by atoms with Gasteiger partial charge in [-0.25, -0.2) is 4.79 Å². The fourth-order valence-electron chi connectivity index (χ4n) is 0.876. The van der Waals surface area contributed by atoms with Gasteiger partial charge in [-0.2, -0.15) is 0 Å². The first kappa shape index (κ1) is 20.1. The number of methoxy groups -OCH3 is 1. The summed E-state index contributed by atoms with van der Waals surface area (Å²) in [6.45, 7) is 5.79. The van der Waals surface area contributed by atoms with Crippen molar-refractivity contribution < 1.29 is 24.2 Å². The van der Waals surface area contributed by atoms with Crippen molar-refractivity contribution in [2.45, 2.75) is 33.8 Å². The fourth-order valence-corrected chi connectivity index (χ4v) is 0.876. The van der Waals surface area contributed by atoms with Gasteiger partial charge >= 0.3 is 12.1 Å². The number of benzene rings is 1. The number of aliphatic carboxylic acids is 1. The second kappa shape index (κ2) is 13.2. The van der Waals surface area contributed by atoms with E-state index in [2.05, 4.69) is 4.74 Å². The maximum absolute atomic E-state index is 10.3. The summed E-state index contributed by atoms with van der Waals surface area (Å²) >= 11 is 0. The van der Waals surface area contributed by atoms with Crippen LogP contribution in [0.2, 0.25) is 0 Å². The van der Waals surface area contributed by atoms with E-state index in [1.165, 1.54) is 0 Å². The van der Waals surface area contributed by atoms with Crippen LogP contribution in [0, 0.1) is 0 Å². The van der Waals surface area contributed by atoms with E-state index >= 15 is 0 Å². The summed E-state index contributed by atoms with van der Waals surface area (Å²) < 4.78 is 9.56. The van der Waals surface area contributed by atoms with Gasteiger partial charge in [0.05, 0.1) is 7.11 Å². The molecule has 0 aliphatic carbocycles. The lowest BCUT2D eigenvalue weighted by Gasteiger charge is -2.02. The van der Waals surface area contributed by atoms with Crippen LogP contribution in [0.15, 0.2) is 24.3 Å². The van der Waals surface area contributed by atoms with Gasteiger partial charge in [-0.3, -0.25) is 4.79 Å². The molecule has 6 heteroatoms. The van der Waals surface area contributed by atoms with Gasteiger partial charge in [0.2, 0.25) is 0 Å². The number of rotatable bonds is 4. The third-order valence-electron chi connectivity index (χ3n) is 1.84. The minimum Gasteiger partial charge on any atom is -0.497 e. The number of primary amides is 1. The molecule has 0 unspecified atom stereocenters. The van der Waals surface area contributed by atoms with Crippen LogP contribution >= 0.6 is 0 Å². The van der Waals surface area contributed by atoms with Crippen LogP contribution in [-0.2, 0) is 16.1 Å². The molecular formula is C14H23NO5. The van der Waals surface area contributed by atoms with Gasteiger partial charge in [-0.15, -0.1) is 0 Å². The number of ether oxygens (including phenoxy) is 2. The van der Waals surface area contributed by atoms with E-state index in [1.807, 2.05) is 26.0 Å². The van der Waals surface area contributed by atoms with Crippen molar-refractivity contribution in [3.8, 4) is 5.75 Å². The second-order valence-corrected chi connectivity index (χ2v) is 3.20. The normalized spacial score (nSPS) is 8.20. The maximum Gasteiger partial charge on any atom is 0.404 e. The molecule has 0 saturated heterocycles. The highest BCUT2D eigenvalue weighted by atomic mass is 16.5. The summed E-state index contributed by atoms with van der Waals surface area (Å²) in [7, 11) is 1.59. The molecule has 0 aliphatic rings. The van der Waals surface area contributed by atoms with Gasteiger partial charge in [0.15, 0.2) is 0 Å². The molecule has 0 aliphatic heterocycles. The van der Waals surface area contributed by atoms with E-state index in [4.69, 9.17) is 15.6 Å². The lowest BCUT2D eigenvalue weighted by molar-refractivity contribution is -0.136. The molecular weight excluding hydrogens is 262 g/mol. The number of hydrogen-bond donors (Lipinski definition) is 2. The standard InChI is InChI=1S/C9H11NO3.C3H6O2.C2H6/c1-12-8-4-2-7(3-5-8)6-13-9(10)11;1-2-3(4)5;1-2/h2-5H,6H2,1H3,(H2,10,11);2H2,1H3,(H,4,5);1-2H3. The highest BCUT2D eigenvalue weighted by Crippen LogP contribution is 2.11. The molecule has 0 heterocycles. The van der Waals surface area contributed by atoms with E-state index in [9.17, 15) is 9.59 Å². The lowest BCUT2D eigenvalue weighted by atomic mass is 10.2. The quantitative estimate of drug-likeness (QED) is 0.886. The zero-order chi connectivity index (χ0) is 16.0. The van der Waals surface area contributed by atoms with Crippen LogP contribution < -0.4 is 10.5 Å². The molecule has 1 amide bonds. The number of carbonyl (C=O) groups excluding carboxylic acids is 1. The van der Waals surface area contributed by atoms with Gasteiger partial charge in [0, 0.05) is 6.42 Å². The van der Waals surface area contributed by atoms with Crippen LogP contribution in [0.4, 0.5) is 4.79 Å². The Morgan fingerprint density at radius 2 is 1.65 bits per heavy atom. The monoisotopic (exact) mass is 285 g/mol. The first-order valence-electron chi connectivity index (χ1n) is 6.26. The number of hydrogen-bond acceptors (Lipinski definition) is 4. The van der Waals surface area contributed by atoms with Crippen molar-refractivity contribution in [2.75, 3.05) is 7.11 Å². The van der Waals surface area contributed by atoms with E-state index in [0.717, 1.165) is 11.3 Å². The summed E-state index contributed by atoms with van der Waals surface area (Å²) in [4.78, 5) is 19.6. The SMILES string of the molecule is CC.CCC(=O)O.COc1ccc(COC(N)=O)cc1. The predicted octanol–water partition coefficient (Wildman–Crippen LogP) is 2.80. The molecule has 0 aromatic heterocycles. The molecule has 1 rings (SSSR count). The summed E-state index contributed by atoms with van der Waals surface area (Å²) in [5.74, 6) is 0.0211. The first-order chi connectivity index (χ1) is 9.49. The molecule has 0 bridgehead atoms. The molecule has 20 heavy (non-hydrogen) atoms. The van der Waals surface area contributed by atoms with E-state index in [1.54, 1.807) is 26.2 Å². The van der Waals surface area contributed by atoms with Crippen molar-refractivity contribution in [1.82, 2.24) is 0 Å². The van der Waals surface area contributed by atoms with Crippen molar-refractivity contribution in [1.29, 1.82) is 0 Å². The van der Waals surface area contributed by atoms with Gasteiger partial charge in [-0.05, 0) is 17.7 Å². The molecule has 0 atom stereocenters. The Hall–Kier alpha value is -2.24. The first-order valence-corrected chi connectivity index (χ1v) is 6.26. The largest absolute Gasteiger partial charge is 0.497 e. The smallest absolute Gasteiger partial charge is 0.404 e. The Kier molecular flexibility index (Phi) is 13.3. The number of carboxylic acids is 1. The molecule has 1 aromatic rings. The third kappa shape index (κ3) is 12.2. The number of carboxylic acid groups (broad SMARTS) is 1. The Labute approximate surface area is 119 Å². The average molecular weight is 285 g/mol. The topological polar surface area (TPSA) is 98.8 Å². The van der Waals surface area contributed by atoms with Crippen molar-refractivity contribution in [2.24, 2.45) is 5.73 Å². The predicted molar refractivity (Wildman–Crippen MR) is 76.6 cm³/mol. The summed E-state index contributed by atoms with van der Waals surface area (Å²) in [5, 5.41) is 7.72. The summed E-state index contributed by atoms with van der Waals surface area (Å²) in [5.41, 5.74) is 5.69. The van der Waals surface area contributed by atoms with Gasteiger partial charge in [-0.1, -0.05) is 32.9 Å². The molecule has 3 N–H and O–H groups in total. The van der Waals surface area contributed by atoms with Gasteiger partial charge in [0.1, 0.15) is 12.4 Å². The van der Waals surface area contributed by atoms with E-state index in [0.29, 0.717) is 0 Å². The van der Waals surface area contributed by atoms with Gasteiger partial charge in [0.25, 0.3) is 0 Å². The second-order valence-electron chi connectivity index (χ2n) is 3.20. The third-order valence-corrected chi connectivity index (χ3v) is 1.84. The number of amides is 1. The molecule has 0 saturated carbocycles. The molecule has 0 fully saturated rings. The van der Waals surface area contributed by atoms with E-state index in [-0.39, 0.29) is 13.0 Å². The van der Waals surface area contributed by atoms with Crippen molar-refractivity contribution >= 4 is 12.1 Å². The van der Waals surface area contributed by atoms with Crippen LogP contribution in [0.1, 0.15) is 32.8 Å². The molecule has 114 valence electrons. The maximum atomic E-state index is 10.3. The van der Waals surface area contributed by atoms with Crippen LogP contribution in [0.25, 0.3) is 0 Å². The van der Waals surface area contributed by atoms with Crippen LogP contribution in [0.3, 0.4) is 0 Å². The average Bonchev–Trinajstić information content (AvgIpc) is 2.48. The van der Waals surface area contributed by atoms with E-state index < -0.39 is 12.1 Å². The van der Waals surface area contributed by atoms with Gasteiger partial charge < -0.3 is 20.3 Å². The van der Waals surface area contributed by atoms with Crippen LogP contribution in [-0.4, -0.2) is 24.3 Å². The van der Waals surface area contributed by atoms with Crippen molar-refractivity contribution in [3.05, 3.63) is 29.8 Å². The molecule has 1 aromatic carbocycles. The minimum absolute atomic E-state index is 0.194. The Bertz CT molecular complexity index is 376.